The third kappa shape index (κ3) is 2.88. The summed E-state index contributed by atoms with van der Waals surface area (Å²) in [6.07, 6.45) is 3.67. The van der Waals surface area contributed by atoms with Gasteiger partial charge in [0.1, 0.15) is 17.9 Å². The van der Waals surface area contributed by atoms with Gasteiger partial charge in [0.15, 0.2) is 5.82 Å². The number of nitrogens with zero attached hydrogens (tertiary/aromatic N) is 4. The van der Waals surface area contributed by atoms with Crippen LogP contribution in [0.5, 0.6) is 0 Å². The van der Waals surface area contributed by atoms with Gasteiger partial charge in [0.2, 0.25) is 5.71 Å². The molecule has 1 aliphatic carbocycles. The molecule has 1 aliphatic rings. The third-order valence-corrected chi connectivity index (χ3v) is 6.76. The van der Waals surface area contributed by atoms with Crippen molar-refractivity contribution >= 4 is 62.8 Å². The Morgan fingerprint density at radius 1 is 1.40 bits per heavy atom. The quantitative estimate of drug-likeness (QED) is 0.454. The number of fused-ring (bicyclic) bond motifs is 1. The van der Waals surface area contributed by atoms with E-state index in [9.17, 15) is 4.79 Å². The number of rotatable bonds is 4. The van der Waals surface area contributed by atoms with Gasteiger partial charge in [0, 0.05) is 10.9 Å². The monoisotopic (exact) mass is 469 g/mol. The van der Waals surface area contributed by atoms with Gasteiger partial charge in [-0.2, -0.15) is 0 Å². The average Bonchev–Trinajstić information content (AvgIpc) is 3.03. The summed E-state index contributed by atoms with van der Waals surface area (Å²) in [5.74, 6) is 1.51. The molecular weight excluding hydrogens is 453 g/mol. The highest BCUT2D eigenvalue weighted by atomic mass is 127. The molecule has 0 saturated heterocycles. The highest BCUT2D eigenvalue weighted by Gasteiger charge is 2.44. The molecule has 9 heteroatoms. The van der Waals surface area contributed by atoms with E-state index in [2.05, 4.69) is 53.2 Å². The molecule has 25 heavy (non-hydrogen) atoms. The lowest BCUT2D eigenvalue weighted by atomic mass is 10.1. The Kier molecular flexibility index (Phi) is 3.95. The Morgan fingerprint density at radius 3 is 2.80 bits per heavy atom. The zero-order valence-electron chi connectivity index (χ0n) is 14.0. The molecule has 4 rings (SSSR count). The maximum atomic E-state index is 12.9. The Balaban J connectivity index is 1.80. The molecular formula is C16H16IN5O2S. The number of carbonyl (C=O) groups is 1. The largest absolute Gasteiger partial charge is 0.442 e. The molecule has 3 aromatic heterocycles. The lowest BCUT2D eigenvalue weighted by molar-refractivity contribution is 0.102. The van der Waals surface area contributed by atoms with E-state index < -0.39 is 0 Å². The van der Waals surface area contributed by atoms with Gasteiger partial charge in [0.25, 0.3) is 5.91 Å². The standard InChI is InChI=1S/C16H16IN5O2S/c1-8-11(14(23)21-10-6-25-9(2)20-10)12-13(18-7-19-15(12)24-8)22(17)16(3)4-5-16/h6-7H,4-5H2,1-3H3,(H,21,23). The summed E-state index contributed by atoms with van der Waals surface area (Å²) in [4.78, 5) is 25.8. The number of aromatic nitrogens is 3. The highest BCUT2D eigenvalue weighted by Crippen LogP contribution is 2.47. The summed E-state index contributed by atoms with van der Waals surface area (Å²) >= 11 is 3.75. The van der Waals surface area contributed by atoms with Gasteiger partial charge in [-0.3, -0.25) is 7.91 Å². The van der Waals surface area contributed by atoms with E-state index in [1.54, 1.807) is 6.92 Å². The van der Waals surface area contributed by atoms with E-state index in [1.165, 1.54) is 17.7 Å². The smallest absolute Gasteiger partial charge is 0.261 e. The Labute approximate surface area is 162 Å². The minimum atomic E-state index is -0.261. The van der Waals surface area contributed by atoms with Crippen LogP contribution in [-0.4, -0.2) is 26.4 Å². The van der Waals surface area contributed by atoms with E-state index in [4.69, 9.17) is 4.42 Å². The van der Waals surface area contributed by atoms with E-state index in [1.807, 2.05) is 12.3 Å². The second-order valence-electron chi connectivity index (χ2n) is 6.39. The number of furan rings is 1. The van der Waals surface area contributed by atoms with Crippen LogP contribution in [0.15, 0.2) is 16.1 Å². The summed E-state index contributed by atoms with van der Waals surface area (Å²) in [6.45, 7) is 5.84. The first-order chi connectivity index (χ1) is 11.9. The molecule has 0 atom stereocenters. The minimum absolute atomic E-state index is 0.0623. The van der Waals surface area contributed by atoms with Crippen molar-refractivity contribution in [3.8, 4) is 0 Å². The number of aryl methyl sites for hydroxylation is 2. The van der Waals surface area contributed by atoms with Crippen LogP contribution in [0.1, 0.15) is 40.9 Å². The van der Waals surface area contributed by atoms with E-state index in [-0.39, 0.29) is 11.4 Å². The van der Waals surface area contributed by atoms with Crippen LogP contribution in [0.3, 0.4) is 0 Å². The number of hydrogen-bond acceptors (Lipinski definition) is 7. The molecule has 1 N–H and O–H groups in total. The summed E-state index contributed by atoms with van der Waals surface area (Å²) in [5.41, 5.74) is 0.947. The number of amides is 1. The van der Waals surface area contributed by atoms with Crippen LogP contribution in [0, 0.1) is 13.8 Å². The molecule has 3 aromatic rings. The predicted octanol–water partition coefficient (Wildman–Crippen LogP) is 4.26. The molecule has 1 saturated carbocycles. The summed E-state index contributed by atoms with van der Waals surface area (Å²) in [6, 6.07) is 0. The van der Waals surface area contributed by atoms with Crippen molar-refractivity contribution in [2.75, 3.05) is 8.43 Å². The molecule has 0 spiro atoms. The first kappa shape index (κ1) is 16.7. The van der Waals surface area contributed by atoms with Crippen molar-refractivity contribution in [2.24, 2.45) is 0 Å². The van der Waals surface area contributed by atoms with Crippen molar-refractivity contribution in [3.63, 3.8) is 0 Å². The van der Waals surface area contributed by atoms with Crippen LogP contribution in [-0.2, 0) is 0 Å². The maximum Gasteiger partial charge on any atom is 0.261 e. The van der Waals surface area contributed by atoms with E-state index in [0.717, 1.165) is 17.8 Å². The van der Waals surface area contributed by atoms with Gasteiger partial charge in [-0.1, -0.05) is 0 Å². The number of nitrogens with one attached hydrogen (secondary N) is 1. The lowest BCUT2D eigenvalue weighted by Crippen LogP contribution is -2.26. The number of anilines is 2. The number of hydrogen-bond donors (Lipinski definition) is 1. The fourth-order valence-electron chi connectivity index (χ4n) is 2.68. The molecule has 0 aromatic carbocycles. The second kappa shape index (κ2) is 5.90. The molecule has 1 amide bonds. The molecule has 0 unspecified atom stereocenters. The SMILES string of the molecule is Cc1nc(NC(=O)c2c(C)oc3ncnc(N(I)C4(C)CC4)c23)cs1. The molecule has 0 radical (unpaired) electrons. The summed E-state index contributed by atoms with van der Waals surface area (Å²) in [5, 5.41) is 6.20. The predicted molar refractivity (Wildman–Crippen MR) is 105 cm³/mol. The Hall–Kier alpha value is -1.75. The van der Waals surface area contributed by atoms with E-state index in [0.29, 0.717) is 34.1 Å². The molecule has 3 heterocycles. The molecule has 7 nitrogen and oxygen atoms in total. The maximum absolute atomic E-state index is 12.9. The van der Waals surface area contributed by atoms with Gasteiger partial charge in [-0.15, -0.1) is 11.3 Å². The van der Waals surface area contributed by atoms with Gasteiger partial charge < -0.3 is 9.73 Å². The second-order valence-corrected chi connectivity index (χ2v) is 8.42. The van der Waals surface area contributed by atoms with Gasteiger partial charge in [-0.25, -0.2) is 15.0 Å². The lowest BCUT2D eigenvalue weighted by Gasteiger charge is -2.23. The van der Waals surface area contributed by atoms with Crippen LogP contribution >= 0.6 is 34.2 Å². The van der Waals surface area contributed by atoms with E-state index >= 15 is 0 Å². The first-order valence-corrected chi connectivity index (χ1v) is 9.67. The number of thiazole rings is 1. The van der Waals surface area contributed by atoms with Crippen LogP contribution in [0.4, 0.5) is 11.6 Å². The summed E-state index contributed by atoms with van der Waals surface area (Å²) < 4.78 is 7.82. The topological polar surface area (TPSA) is 84.2 Å². The van der Waals surface area contributed by atoms with Gasteiger partial charge >= 0.3 is 0 Å². The molecule has 0 aliphatic heterocycles. The van der Waals surface area contributed by atoms with Gasteiger partial charge in [-0.05, 0) is 33.6 Å². The average molecular weight is 469 g/mol. The van der Waals surface area contributed by atoms with Crippen molar-refractivity contribution < 1.29 is 9.21 Å². The van der Waals surface area contributed by atoms with Crippen LogP contribution < -0.4 is 8.43 Å². The Bertz CT molecular complexity index is 978. The molecule has 130 valence electrons. The van der Waals surface area contributed by atoms with Gasteiger partial charge in [0.05, 0.1) is 38.8 Å². The van der Waals surface area contributed by atoms with Crippen molar-refractivity contribution in [1.29, 1.82) is 0 Å². The van der Waals surface area contributed by atoms with Crippen LogP contribution in [0.2, 0.25) is 0 Å². The summed E-state index contributed by atoms with van der Waals surface area (Å²) in [7, 11) is 0. The van der Waals surface area contributed by atoms with Crippen molar-refractivity contribution in [3.05, 3.63) is 28.0 Å². The molecule has 1 fully saturated rings. The highest BCUT2D eigenvalue weighted by molar-refractivity contribution is 14.1. The zero-order chi connectivity index (χ0) is 17.8. The van der Waals surface area contributed by atoms with Crippen LogP contribution in [0.25, 0.3) is 11.1 Å². The van der Waals surface area contributed by atoms with Crippen molar-refractivity contribution in [2.45, 2.75) is 39.2 Å². The fourth-order valence-corrected chi connectivity index (χ4v) is 4.08. The molecule has 0 bridgehead atoms. The fraction of sp³-hybridized carbons (Fsp3) is 0.375. The zero-order valence-corrected chi connectivity index (χ0v) is 16.9. The normalized spacial score (nSPS) is 15.4. The first-order valence-electron chi connectivity index (χ1n) is 7.83. The number of carbonyl (C=O) groups excluding carboxylic acids is 1. The Morgan fingerprint density at radius 2 is 2.16 bits per heavy atom. The van der Waals surface area contributed by atoms with Crippen molar-refractivity contribution in [1.82, 2.24) is 15.0 Å². The minimum Gasteiger partial charge on any atom is -0.442 e. The third-order valence-electron chi connectivity index (χ3n) is 4.37. The number of halogens is 1.